The maximum Gasteiger partial charge on any atom is 0.321 e. The molecule has 0 bridgehead atoms. The van der Waals surface area contributed by atoms with E-state index in [4.69, 9.17) is 4.84 Å². The molecule has 6 N–H and O–H groups in total. The third-order valence-electron chi connectivity index (χ3n) is 4.29. The highest BCUT2D eigenvalue weighted by Gasteiger charge is 2.26. The normalized spacial score (nSPS) is 26.5. The summed E-state index contributed by atoms with van der Waals surface area (Å²) in [6.45, 7) is 3.93. The molecular formula is C16H26N6O2. The minimum absolute atomic E-state index is 0.0206. The second-order valence-corrected chi connectivity index (χ2v) is 6.29. The first-order chi connectivity index (χ1) is 11.6. The van der Waals surface area contributed by atoms with Crippen LogP contribution in [0.2, 0.25) is 0 Å². The molecule has 3 unspecified atom stereocenters. The second kappa shape index (κ2) is 7.91. The van der Waals surface area contributed by atoms with Crippen molar-refractivity contribution >= 4 is 11.7 Å². The quantitative estimate of drug-likeness (QED) is 0.440. The number of fused-ring (bicyclic) bond motifs is 1. The van der Waals surface area contributed by atoms with Crippen molar-refractivity contribution < 1.29 is 9.63 Å². The molecule has 0 spiro atoms. The molecule has 1 aromatic carbocycles. The first kappa shape index (κ1) is 17.1. The van der Waals surface area contributed by atoms with Crippen LogP contribution in [0.4, 0.5) is 10.5 Å². The number of amides is 2. The van der Waals surface area contributed by atoms with Gasteiger partial charge in [-0.3, -0.25) is 10.6 Å². The SMILES string of the molecule is CONC1CC(C)NC(NC(=O)Nc2ccc3c(c2)CCNC3)N1. The molecule has 2 aliphatic rings. The van der Waals surface area contributed by atoms with Crippen molar-refractivity contribution in [2.45, 2.75) is 44.8 Å². The number of anilines is 1. The molecule has 3 rings (SSSR count). The molecule has 3 atom stereocenters. The molecule has 0 saturated carbocycles. The predicted molar refractivity (Wildman–Crippen MR) is 92.1 cm³/mol. The molecule has 1 fully saturated rings. The molecule has 8 nitrogen and oxygen atoms in total. The molecule has 1 saturated heterocycles. The Morgan fingerprint density at radius 3 is 3.00 bits per heavy atom. The van der Waals surface area contributed by atoms with E-state index in [0.29, 0.717) is 0 Å². The van der Waals surface area contributed by atoms with Gasteiger partial charge < -0.3 is 20.8 Å². The summed E-state index contributed by atoms with van der Waals surface area (Å²) in [5.41, 5.74) is 6.27. The molecule has 8 heteroatoms. The van der Waals surface area contributed by atoms with E-state index < -0.39 is 0 Å². The van der Waals surface area contributed by atoms with Gasteiger partial charge in [0.05, 0.1) is 13.3 Å². The minimum Gasteiger partial charge on any atom is -0.312 e. The predicted octanol–water partition coefficient (Wildman–Crippen LogP) is 0.186. The summed E-state index contributed by atoms with van der Waals surface area (Å²) in [7, 11) is 1.58. The Balaban J connectivity index is 1.55. The van der Waals surface area contributed by atoms with Crippen molar-refractivity contribution in [2.75, 3.05) is 19.0 Å². The lowest BCUT2D eigenvalue weighted by atomic mass is 10.0. The Labute approximate surface area is 142 Å². The molecule has 2 aliphatic heterocycles. The standard InChI is InChI=1S/C16H26N6O2/c1-10-7-14(22-24-2)20-15(18-10)21-16(23)19-13-4-3-12-9-17-6-5-11(12)8-13/h3-4,8,10,14-15,17-18,20,22H,5-7,9H2,1-2H3,(H2,19,21,23). The summed E-state index contributed by atoms with van der Waals surface area (Å²) in [5.74, 6) is 0. The lowest BCUT2D eigenvalue weighted by Gasteiger charge is -2.36. The topological polar surface area (TPSA) is 98.5 Å². The Bertz CT molecular complexity index is 582. The molecule has 132 valence electrons. The highest BCUT2D eigenvalue weighted by Crippen LogP contribution is 2.18. The van der Waals surface area contributed by atoms with E-state index in [1.54, 1.807) is 7.11 Å². The minimum atomic E-state index is -0.330. The third kappa shape index (κ3) is 4.43. The van der Waals surface area contributed by atoms with E-state index in [9.17, 15) is 4.79 Å². The zero-order valence-electron chi connectivity index (χ0n) is 14.1. The summed E-state index contributed by atoms with van der Waals surface area (Å²) >= 11 is 0. The zero-order valence-corrected chi connectivity index (χ0v) is 14.1. The fourth-order valence-electron chi connectivity index (χ4n) is 3.18. The molecule has 24 heavy (non-hydrogen) atoms. The van der Waals surface area contributed by atoms with Crippen LogP contribution in [0.25, 0.3) is 0 Å². The molecule has 0 aliphatic carbocycles. The average molecular weight is 334 g/mol. The first-order valence-electron chi connectivity index (χ1n) is 8.34. The van der Waals surface area contributed by atoms with Crippen LogP contribution in [0.5, 0.6) is 0 Å². The van der Waals surface area contributed by atoms with Gasteiger partial charge in [-0.2, -0.15) is 5.48 Å². The Morgan fingerprint density at radius 2 is 2.17 bits per heavy atom. The Kier molecular flexibility index (Phi) is 5.64. The maximum atomic E-state index is 12.3. The van der Waals surface area contributed by atoms with Gasteiger partial charge in [0.1, 0.15) is 6.29 Å². The first-order valence-corrected chi connectivity index (χ1v) is 8.34. The van der Waals surface area contributed by atoms with E-state index in [1.165, 1.54) is 11.1 Å². The van der Waals surface area contributed by atoms with E-state index in [-0.39, 0.29) is 24.5 Å². The summed E-state index contributed by atoms with van der Waals surface area (Å²) in [6.07, 6.45) is 1.49. The lowest BCUT2D eigenvalue weighted by Crippen LogP contribution is -2.67. The van der Waals surface area contributed by atoms with Crippen LogP contribution < -0.4 is 32.1 Å². The molecule has 0 aromatic heterocycles. The molecule has 1 aromatic rings. The van der Waals surface area contributed by atoms with E-state index in [2.05, 4.69) is 51.1 Å². The van der Waals surface area contributed by atoms with Gasteiger partial charge in [0, 0.05) is 18.3 Å². The number of benzene rings is 1. The lowest BCUT2D eigenvalue weighted by molar-refractivity contribution is 0.0234. The maximum absolute atomic E-state index is 12.3. The largest absolute Gasteiger partial charge is 0.321 e. The smallest absolute Gasteiger partial charge is 0.312 e. The van der Waals surface area contributed by atoms with Crippen molar-refractivity contribution in [3.63, 3.8) is 0 Å². The van der Waals surface area contributed by atoms with Crippen LogP contribution in [0.15, 0.2) is 18.2 Å². The van der Waals surface area contributed by atoms with Gasteiger partial charge in [-0.25, -0.2) is 4.79 Å². The summed E-state index contributed by atoms with van der Waals surface area (Å²) in [6, 6.07) is 6.05. The van der Waals surface area contributed by atoms with Gasteiger partial charge in [0.15, 0.2) is 0 Å². The van der Waals surface area contributed by atoms with Crippen molar-refractivity contribution in [3.05, 3.63) is 29.3 Å². The number of nitrogens with one attached hydrogen (secondary N) is 6. The number of hydrogen-bond donors (Lipinski definition) is 6. The van der Waals surface area contributed by atoms with Gasteiger partial charge in [-0.05, 0) is 49.6 Å². The van der Waals surface area contributed by atoms with Gasteiger partial charge in [0.25, 0.3) is 0 Å². The van der Waals surface area contributed by atoms with Crippen LogP contribution in [0, 0.1) is 0 Å². The fourth-order valence-corrected chi connectivity index (χ4v) is 3.18. The second-order valence-electron chi connectivity index (χ2n) is 6.29. The monoisotopic (exact) mass is 334 g/mol. The van der Waals surface area contributed by atoms with Crippen molar-refractivity contribution in [3.8, 4) is 0 Å². The number of carbonyl (C=O) groups is 1. The van der Waals surface area contributed by atoms with Gasteiger partial charge in [0.2, 0.25) is 0 Å². The van der Waals surface area contributed by atoms with Gasteiger partial charge >= 0.3 is 6.03 Å². The van der Waals surface area contributed by atoms with Gasteiger partial charge in [-0.15, -0.1) is 0 Å². The van der Waals surface area contributed by atoms with E-state index >= 15 is 0 Å². The third-order valence-corrected chi connectivity index (χ3v) is 4.29. The van der Waals surface area contributed by atoms with Crippen LogP contribution in [0.3, 0.4) is 0 Å². The Morgan fingerprint density at radius 1 is 1.29 bits per heavy atom. The Hall–Kier alpha value is -1.71. The van der Waals surface area contributed by atoms with Crippen LogP contribution >= 0.6 is 0 Å². The molecular weight excluding hydrogens is 308 g/mol. The number of rotatable bonds is 4. The number of hydroxylamine groups is 1. The molecule has 0 radical (unpaired) electrons. The van der Waals surface area contributed by atoms with Gasteiger partial charge in [-0.1, -0.05) is 6.07 Å². The van der Waals surface area contributed by atoms with Crippen LogP contribution in [-0.2, 0) is 17.8 Å². The van der Waals surface area contributed by atoms with E-state index in [0.717, 1.165) is 31.6 Å². The van der Waals surface area contributed by atoms with Crippen LogP contribution in [-0.4, -0.2) is 38.2 Å². The van der Waals surface area contributed by atoms with Crippen molar-refractivity contribution in [1.82, 2.24) is 26.7 Å². The molecule has 2 heterocycles. The van der Waals surface area contributed by atoms with Crippen molar-refractivity contribution in [2.24, 2.45) is 0 Å². The summed E-state index contributed by atoms with van der Waals surface area (Å²) in [4.78, 5) is 17.2. The zero-order chi connectivity index (χ0) is 16.9. The highest BCUT2D eigenvalue weighted by atomic mass is 16.6. The number of urea groups is 1. The number of hydrogen-bond acceptors (Lipinski definition) is 6. The highest BCUT2D eigenvalue weighted by molar-refractivity contribution is 5.89. The summed E-state index contributed by atoms with van der Waals surface area (Å²) < 4.78 is 0. The molecule has 2 amide bonds. The average Bonchev–Trinajstić information content (AvgIpc) is 2.54. The van der Waals surface area contributed by atoms with E-state index in [1.807, 2.05) is 6.07 Å². The number of carbonyl (C=O) groups excluding carboxylic acids is 1. The van der Waals surface area contributed by atoms with Crippen LogP contribution in [0.1, 0.15) is 24.5 Å². The van der Waals surface area contributed by atoms with Crippen molar-refractivity contribution in [1.29, 1.82) is 0 Å². The summed E-state index contributed by atoms with van der Waals surface area (Å²) in [5, 5.41) is 15.6. The fraction of sp³-hybridized carbons (Fsp3) is 0.562.